The highest BCUT2D eigenvalue weighted by Crippen LogP contribution is 2.49. The molecule has 0 bridgehead atoms. The quantitative estimate of drug-likeness (QED) is 0.785. The first-order valence-corrected chi connectivity index (χ1v) is 7.32. The van der Waals surface area contributed by atoms with Crippen molar-refractivity contribution in [2.24, 2.45) is 5.41 Å². The van der Waals surface area contributed by atoms with E-state index >= 15 is 0 Å². The number of amides is 1. The Kier molecular flexibility index (Phi) is 4.22. The summed E-state index contributed by atoms with van der Waals surface area (Å²) in [6.07, 6.45) is -1.16. The predicted octanol–water partition coefficient (Wildman–Crippen LogP) is 3.01. The SMILES string of the molecule is O=C(CC1(C(=O)O)CCCCCC1)NC1(C(F)(F)F)CC1. The fourth-order valence-electron chi connectivity index (χ4n) is 3.09. The third-order valence-electron chi connectivity index (χ3n) is 4.68. The van der Waals surface area contributed by atoms with Gasteiger partial charge in [0.05, 0.1) is 5.41 Å². The molecular formula is C14H20F3NO3. The number of rotatable bonds is 4. The molecule has 0 spiro atoms. The highest BCUT2D eigenvalue weighted by molar-refractivity contribution is 5.85. The van der Waals surface area contributed by atoms with Gasteiger partial charge in [0.25, 0.3) is 0 Å². The lowest BCUT2D eigenvalue weighted by Gasteiger charge is -2.29. The number of aliphatic carboxylic acids is 1. The minimum Gasteiger partial charge on any atom is -0.481 e. The molecule has 7 heteroatoms. The molecule has 0 aromatic carbocycles. The van der Waals surface area contributed by atoms with Gasteiger partial charge in [-0.25, -0.2) is 0 Å². The highest BCUT2D eigenvalue weighted by atomic mass is 19.4. The predicted molar refractivity (Wildman–Crippen MR) is 68.6 cm³/mol. The molecule has 120 valence electrons. The van der Waals surface area contributed by atoms with E-state index in [-0.39, 0.29) is 19.3 Å². The van der Waals surface area contributed by atoms with Gasteiger partial charge in [0.15, 0.2) is 0 Å². The summed E-state index contributed by atoms with van der Waals surface area (Å²) in [5.74, 6) is -1.87. The molecule has 0 aromatic rings. The first-order valence-electron chi connectivity index (χ1n) is 7.32. The maximum Gasteiger partial charge on any atom is 0.411 e. The van der Waals surface area contributed by atoms with E-state index in [0.717, 1.165) is 12.8 Å². The van der Waals surface area contributed by atoms with E-state index in [0.29, 0.717) is 25.7 Å². The Morgan fingerprint density at radius 2 is 1.52 bits per heavy atom. The Morgan fingerprint density at radius 3 is 1.90 bits per heavy atom. The first kappa shape index (κ1) is 16.1. The minimum atomic E-state index is -4.47. The lowest BCUT2D eigenvalue weighted by atomic mass is 9.77. The topological polar surface area (TPSA) is 66.4 Å². The Bertz CT molecular complexity index is 422. The van der Waals surface area contributed by atoms with Crippen LogP contribution >= 0.6 is 0 Å². The summed E-state index contributed by atoms with van der Waals surface area (Å²) in [4.78, 5) is 23.5. The van der Waals surface area contributed by atoms with Crippen LogP contribution in [0.2, 0.25) is 0 Å². The van der Waals surface area contributed by atoms with Crippen LogP contribution in [0.4, 0.5) is 13.2 Å². The van der Waals surface area contributed by atoms with Gasteiger partial charge in [-0.3, -0.25) is 9.59 Å². The minimum absolute atomic E-state index is 0.123. The number of carboxylic acids is 1. The molecule has 2 saturated carbocycles. The molecule has 2 aliphatic carbocycles. The Balaban J connectivity index is 2.04. The number of carboxylic acid groups (broad SMARTS) is 1. The molecule has 2 rings (SSSR count). The maximum atomic E-state index is 12.8. The molecule has 0 heterocycles. The first-order chi connectivity index (χ1) is 9.71. The van der Waals surface area contributed by atoms with Gasteiger partial charge < -0.3 is 10.4 Å². The van der Waals surface area contributed by atoms with Crippen LogP contribution in [0.5, 0.6) is 0 Å². The molecule has 2 N–H and O–H groups in total. The molecular weight excluding hydrogens is 287 g/mol. The molecule has 4 nitrogen and oxygen atoms in total. The van der Waals surface area contributed by atoms with Crippen LogP contribution in [0.25, 0.3) is 0 Å². The van der Waals surface area contributed by atoms with Gasteiger partial charge in [-0.1, -0.05) is 25.7 Å². The van der Waals surface area contributed by atoms with E-state index in [9.17, 15) is 27.9 Å². The van der Waals surface area contributed by atoms with Crippen molar-refractivity contribution in [3.63, 3.8) is 0 Å². The summed E-state index contributed by atoms with van der Waals surface area (Å²) in [5.41, 5.74) is -3.32. The largest absolute Gasteiger partial charge is 0.481 e. The van der Waals surface area contributed by atoms with Gasteiger partial charge in [-0.2, -0.15) is 13.2 Å². The molecule has 0 radical (unpaired) electrons. The van der Waals surface area contributed by atoms with Crippen LogP contribution in [0, 0.1) is 5.41 Å². The lowest BCUT2D eigenvalue weighted by molar-refractivity contribution is -0.171. The van der Waals surface area contributed by atoms with Crippen LogP contribution < -0.4 is 5.32 Å². The summed E-state index contributed by atoms with van der Waals surface area (Å²) < 4.78 is 38.5. The summed E-state index contributed by atoms with van der Waals surface area (Å²) in [7, 11) is 0. The van der Waals surface area contributed by atoms with Gasteiger partial charge in [-0.05, 0) is 25.7 Å². The Hall–Kier alpha value is -1.27. The van der Waals surface area contributed by atoms with Crippen molar-refractivity contribution >= 4 is 11.9 Å². The van der Waals surface area contributed by atoms with Crippen LogP contribution in [-0.4, -0.2) is 28.7 Å². The van der Waals surface area contributed by atoms with Crippen molar-refractivity contribution in [2.75, 3.05) is 0 Å². The number of carbonyl (C=O) groups excluding carboxylic acids is 1. The van der Waals surface area contributed by atoms with Crippen LogP contribution in [0.1, 0.15) is 57.8 Å². The third kappa shape index (κ3) is 3.32. The molecule has 21 heavy (non-hydrogen) atoms. The van der Waals surface area contributed by atoms with Crippen molar-refractivity contribution in [3.8, 4) is 0 Å². The molecule has 0 aromatic heterocycles. The second-order valence-electron chi connectivity index (χ2n) is 6.30. The monoisotopic (exact) mass is 307 g/mol. The fourth-order valence-corrected chi connectivity index (χ4v) is 3.09. The lowest BCUT2D eigenvalue weighted by Crippen LogP contribution is -2.49. The third-order valence-corrected chi connectivity index (χ3v) is 4.68. The van der Waals surface area contributed by atoms with Gasteiger partial charge in [0, 0.05) is 6.42 Å². The molecule has 1 amide bonds. The summed E-state index contributed by atoms with van der Waals surface area (Å²) in [6, 6.07) is 0. The number of carbonyl (C=O) groups is 2. The summed E-state index contributed by atoms with van der Waals surface area (Å²) >= 11 is 0. The van der Waals surface area contributed by atoms with E-state index < -0.39 is 29.0 Å². The number of alkyl halides is 3. The zero-order valence-corrected chi connectivity index (χ0v) is 11.8. The van der Waals surface area contributed by atoms with Crippen LogP contribution in [0.3, 0.4) is 0 Å². The zero-order valence-electron chi connectivity index (χ0n) is 11.8. The number of halogens is 3. The molecule has 2 fully saturated rings. The maximum absolute atomic E-state index is 12.8. The smallest absolute Gasteiger partial charge is 0.411 e. The van der Waals surface area contributed by atoms with E-state index in [1.807, 2.05) is 5.32 Å². The average molecular weight is 307 g/mol. The van der Waals surface area contributed by atoms with Gasteiger partial charge in [0.1, 0.15) is 5.54 Å². The molecule has 2 aliphatic rings. The van der Waals surface area contributed by atoms with Crippen molar-refractivity contribution in [1.29, 1.82) is 0 Å². The van der Waals surface area contributed by atoms with Gasteiger partial charge in [-0.15, -0.1) is 0 Å². The second-order valence-corrected chi connectivity index (χ2v) is 6.30. The van der Waals surface area contributed by atoms with E-state index in [1.54, 1.807) is 0 Å². The molecule has 0 atom stereocenters. The van der Waals surface area contributed by atoms with Crippen LogP contribution in [0.15, 0.2) is 0 Å². The highest BCUT2D eigenvalue weighted by Gasteiger charge is 2.64. The number of hydrogen-bond donors (Lipinski definition) is 2. The van der Waals surface area contributed by atoms with Crippen LogP contribution in [-0.2, 0) is 9.59 Å². The molecule has 0 saturated heterocycles. The Labute approximate surface area is 121 Å². The molecule has 0 aliphatic heterocycles. The fraction of sp³-hybridized carbons (Fsp3) is 0.857. The van der Waals surface area contributed by atoms with E-state index in [1.165, 1.54) is 0 Å². The van der Waals surface area contributed by atoms with Gasteiger partial charge >= 0.3 is 12.1 Å². The van der Waals surface area contributed by atoms with Crippen molar-refractivity contribution < 1.29 is 27.9 Å². The van der Waals surface area contributed by atoms with Gasteiger partial charge in [0.2, 0.25) is 5.91 Å². The number of hydrogen-bond acceptors (Lipinski definition) is 2. The Morgan fingerprint density at radius 1 is 1.00 bits per heavy atom. The van der Waals surface area contributed by atoms with E-state index in [2.05, 4.69) is 0 Å². The second kappa shape index (κ2) is 5.50. The normalized spacial score (nSPS) is 24.0. The van der Waals surface area contributed by atoms with E-state index in [4.69, 9.17) is 0 Å². The van der Waals surface area contributed by atoms with Crippen molar-refractivity contribution in [2.45, 2.75) is 69.5 Å². The summed E-state index contributed by atoms with van der Waals surface area (Å²) in [6.45, 7) is 0. The summed E-state index contributed by atoms with van der Waals surface area (Å²) in [5, 5.41) is 11.5. The number of nitrogens with one attached hydrogen (secondary N) is 1. The van der Waals surface area contributed by atoms with Crippen molar-refractivity contribution in [3.05, 3.63) is 0 Å². The standard InChI is InChI=1S/C14H20F3NO3/c15-14(16,17)13(7-8-13)18-10(19)9-12(11(20)21)5-3-1-2-4-6-12/h1-9H2,(H,18,19)(H,20,21). The average Bonchev–Trinajstić information content (AvgIpc) is 3.13. The molecule has 0 unspecified atom stereocenters. The van der Waals surface area contributed by atoms with Crippen molar-refractivity contribution in [1.82, 2.24) is 5.32 Å². The zero-order chi connectivity index (χ0) is 15.7.